The fourth-order valence-electron chi connectivity index (χ4n) is 4.21. The van der Waals surface area contributed by atoms with Gasteiger partial charge in [-0.25, -0.2) is 9.97 Å². The summed E-state index contributed by atoms with van der Waals surface area (Å²) in [6, 6.07) is 18.3. The van der Waals surface area contributed by atoms with Crippen molar-refractivity contribution in [2.75, 3.05) is 18.2 Å². The zero-order valence-electron chi connectivity index (χ0n) is 19.1. The molecule has 0 aliphatic heterocycles. The molecule has 0 radical (unpaired) electrons. The minimum absolute atomic E-state index is 0.0967. The largest absolute Gasteiger partial charge is 0.491 e. The number of hydrogen-bond acceptors (Lipinski definition) is 6. The van der Waals surface area contributed by atoms with Crippen LogP contribution in [0.15, 0.2) is 60.8 Å². The Hall–Kier alpha value is -4.13. The maximum Gasteiger partial charge on any atom is 0.222 e. The third kappa shape index (κ3) is 3.71. The second kappa shape index (κ2) is 8.09. The molecular weight excluding hydrogens is 412 g/mol. The van der Waals surface area contributed by atoms with Crippen LogP contribution in [-0.2, 0) is 0 Å². The standard InChI is InChI=1S/C26H26N6O/c1-15(2)33-20-7-5-6-18(13-20)24-21-10-8-16(3)23(25(21)32(27)31-24)17-9-11-22-19(12-17)14-29-26(28-4)30-22/h5-15H,27H2,1-4H3,(H,28,29,30). The van der Waals surface area contributed by atoms with Crippen LogP contribution in [0.2, 0.25) is 0 Å². The van der Waals surface area contributed by atoms with E-state index in [9.17, 15) is 0 Å². The molecule has 0 bridgehead atoms. The SMILES string of the molecule is CNc1ncc2cc(-c3c(C)ccc4c(-c5cccc(OC(C)C)c5)nn(N)c34)ccc2n1. The van der Waals surface area contributed by atoms with Gasteiger partial charge in [0, 0.05) is 35.1 Å². The third-order valence-corrected chi connectivity index (χ3v) is 5.65. The molecule has 0 fully saturated rings. The van der Waals surface area contributed by atoms with Crippen LogP contribution in [0.25, 0.3) is 44.2 Å². The van der Waals surface area contributed by atoms with Crippen LogP contribution in [0.4, 0.5) is 5.95 Å². The molecule has 166 valence electrons. The number of nitrogens with two attached hydrogens (primary N) is 1. The van der Waals surface area contributed by atoms with Crippen molar-refractivity contribution in [2.24, 2.45) is 0 Å². The van der Waals surface area contributed by atoms with Gasteiger partial charge in [-0.2, -0.15) is 9.89 Å². The highest BCUT2D eigenvalue weighted by atomic mass is 16.5. The Kier molecular flexibility index (Phi) is 5.09. The minimum Gasteiger partial charge on any atom is -0.491 e. The molecule has 0 aliphatic rings. The van der Waals surface area contributed by atoms with Crippen molar-refractivity contribution in [3.05, 3.63) is 66.4 Å². The Labute approximate surface area is 192 Å². The number of aryl methyl sites for hydroxylation is 1. The molecular formula is C26H26N6O. The molecule has 33 heavy (non-hydrogen) atoms. The number of fused-ring (bicyclic) bond motifs is 2. The number of nitrogen functional groups attached to an aromatic ring is 1. The van der Waals surface area contributed by atoms with Gasteiger partial charge in [0.05, 0.1) is 11.6 Å². The van der Waals surface area contributed by atoms with Crippen LogP contribution in [-0.4, -0.2) is 33.0 Å². The first-order chi connectivity index (χ1) is 15.9. The summed E-state index contributed by atoms with van der Waals surface area (Å²) in [5.74, 6) is 7.84. The average molecular weight is 439 g/mol. The molecule has 0 atom stereocenters. The van der Waals surface area contributed by atoms with Gasteiger partial charge in [-0.15, -0.1) is 0 Å². The summed E-state index contributed by atoms with van der Waals surface area (Å²) in [7, 11) is 1.81. The van der Waals surface area contributed by atoms with Gasteiger partial charge in [0.25, 0.3) is 0 Å². The van der Waals surface area contributed by atoms with E-state index in [1.165, 1.54) is 4.79 Å². The van der Waals surface area contributed by atoms with Crippen LogP contribution in [0, 0.1) is 6.92 Å². The summed E-state index contributed by atoms with van der Waals surface area (Å²) in [4.78, 5) is 10.4. The first-order valence-corrected chi connectivity index (χ1v) is 10.9. The maximum atomic E-state index is 6.43. The Balaban J connectivity index is 1.68. The molecule has 7 nitrogen and oxygen atoms in total. The highest BCUT2D eigenvalue weighted by Gasteiger charge is 2.18. The molecule has 0 amide bonds. The number of ether oxygens (including phenoxy) is 1. The van der Waals surface area contributed by atoms with E-state index >= 15 is 0 Å². The summed E-state index contributed by atoms with van der Waals surface area (Å²) in [5.41, 5.74) is 6.75. The monoisotopic (exact) mass is 438 g/mol. The zero-order valence-corrected chi connectivity index (χ0v) is 19.1. The average Bonchev–Trinajstić information content (AvgIpc) is 3.14. The second-order valence-electron chi connectivity index (χ2n) is 8.36. The Bertz CT molecular complexity index is 1490. The molecule has 3 N–H and O–H groups in total. The summed E-state index contributed by atoms with van der Waals surface area (Å²) >= 11 is 0. The third-order valence-electron chi connectivity index (χ3n) is 5.65. The van der Waals surface area contributed by atoms with E-state index in [4.69, 9.17) is 15.7 Å². The van der Waals surface area contributed by atoms with Crippen molar-refractivity contribution in [1.29, 1.82) is 0 Å². The lowest BCUT2D eigenvalue weighted by atomic mass is 9.95. The van der Waals surface area contributed by atoms with E-state index in [1.807, 2.05) is 57.4 Å². The summed E-state index contributed by atoms with van der Waals surface area (Å²) in [6.07, 6.45) is 1.93. The van der Waals surface area contributed by atoms with Gasteiger partial charge in [0.2, 0.25) is 5.95 Å². The molecule has 0 saturated heterocycles. The van der Waals surface area contributed by atoms with Crippen molar-refractivity contribution < 1.29 is 4.74 Å². The van der Waals surface area contributed by atoms with Gasteiger partial charge < -0.3 is 15.9 Å². The Morgan fingerprint density at radius 1 is 1.03 bits per heavy atom. The van der Waals surface area contributed by atoms with Gasteiger partial charge in [-0.05, 0) is 56.2 Å². The van der Waals surface area contributed by atoms with Crippen molar-refractivity contribution in [3.63, 3.8) is 0 Å². The maximum absolute atomic E-state index is 6.43. The van der Waals surface area contributed by atoms with Gasteiger partial charge in [0.1, 0.15) is 17.0 Å². The van der Waals surface area contributed by atoms with Gasteiger partial charge >= 0.3 is 0 Å². The molecule has 0 unspecified atom stereocenters. The van der Waals surface area contributed by atoms with Crippen LogP contribution in [0.1, 0.15) is 19.4 Å². The molecule has 2 heterocycles. The van der Waals surface area contributed by atoms with E-state index in [2.05, 4.69) is 46.5 Å². The summed E-state index contributed by atoms with van der Waals surface area (Å²) in [6.45, 7) is 6.11. The predicted molar refractivity (Wildman–Crippen MR) is 134 cm³/mol. The zero-order chi connectivity index (χ0) is 23.1. The highest BCUT2D eigenvalue weighted by molar-refractivity contribution is 6.04. The number of nitrogens with one attached hydrogen (secondary N) is 1. The molecule has 3 aromatic carbocycles. The molecule has 0 spiro atoms. The lowest BCUT2D eigenvalue weighted by molar-refractivity contribution is 0.242. The molecule has 5 aromatic rings. The Morgan fingerprint density at radius 2 is 1.88 bits per heavy atom. The Morgan fingerprint density at radius 3 is 2.67 bits per heavy atom. The van der Waals surface area contributed by atoms with Crippen molar-refractivity contribution in [1.82, 2.24) is 19.9 Å². The predicted octanol–water partition coefficient (Wildman–Crippen LogP) is 5.16. The molecule has 0 aliphatic carbocycles. The molecule has 5 rings (SSSR count). The lowest BCUT2D eigenvalue weighted by Crippen LogP contribution is -2.10. The normalized spacial score (nSPS) is 11.4. The highest BCUT2D eigenvalue weighted by Crippen LogP contribution is 2.37. The van der Waals surface area contributed by atoms with Crippen LogP contribution < -0.4 is 15.9 Å². The van der Waals surface area contributed by atoms with Crippen molar-refractivity contribution in [3.8, 4) is 28.1 Å². The van der Waals surface area contributed by atoms with E-state index in [-0.39, 0.29) is 6.10 Å². The van der Waals surface area contributed by atoms with E-state index in [0.717, 1.165) is 55.5 Å². The van der Waals surface area contributed by atoms with Crippen LogP contribution >= 0.6 is 0 Å². The molecule has 2 aromatic heterocycles. The fourth-order valence-corrected chi connectivity index (χ4v) is 4.21. The first-order valence-electron chi connectivity index (χ1n) is 10.9. The number of aromatic nitrogens is 4. The van der Waals surface area contributed by atoms with Crippen molar-refractivity contribution >= 4 is 27.8 Å². The topological polar surface area (TPSA) is 90.9 Å². The number of nitrogens with zero attached hydrogens (tertiary/aromatic N) is 4. The van der Waals surface area contributed by atoms with E-state index < -0.39 is 0 Å². The second-order valence-corrected chi connectivity index (χ2v) is 8.36. The summed E-state index contributed by atoms with van der Waals surface area (Å²) in [5, 5.41) is 9.63. The number of rotatable bonds is 5. The minimum atomic E-state index is 0.0967. The number of benzene rings is 3. The molecule has 7 heteroatoms. The summed E-state index contributed by atoms with van der Waals surface area (Å²) < 4.78 is 5.88. The van der Waals surface area contributed by atoms with Crippen molar-refractivity contribution in [2.45, 2.75) is 26.9 Å². The van der Waals surface area contributed by atoms with E-state index in [0.29, 0.717) is 5.95 Å². The van der Waals surface area contributed by atoms with E-state index in [1.54, 1.807) is 0 Å². The van der Waals surface area contributed by atoms with Gasteiger partial charge in [-0.1, -0.05) is 30.3 Å². The quantitative estimate of drug-likeness (QED) is 0.368. The number of anilines is 1. The fraction of sp³-hybridized carbons (Fsp3) is 0.192. The number of hydrogen-bond donors (Lipinski definition) is 2. The van der Waals surface area contributed by atoms with Gasteiger partial charge in [-0.3, -0.25) is 0 Å². The van der Waals surface area contributed by atoms with Crippen LogP contribution in [0.5, 0.6) is 5.75 Å². The van der Waals surface area contributed by atoms with Crippen LogP contribution in [0.3, 0.4) is 0 Å². The lowest BCUT2D eigenvalue weighted by Gasteiger charge is -2.11. The van der Waals surface area contributed by atoms with Gasteiger partial charge in [0.15, 0.2) is 0 Å². The molecule has 0 saturated carbocycles. The smallest absolute Gasteiger partial charge is 0.222 e. The first kappa shape index (κ1) is 20.8.